The fourth-order valence-electron chi connectivity index (χ4n) is 4.41. The molecular formula is C22H26N6. The molecule has 4 heterocycles. The van der Waals surface area contributed by atoms with Crippen LogP contribution in [0.2, 0.25) is 0 Å². The van der Waals surface area contributed by atoms with Gasteiger partial charge < -0.3 is 14.9 Å². The molecule has 4 aromatic rings. The molecule has 0 spiro atoms. The average molecular weight is 374 g/mol. The van der Waals surface area contributed by atoms with Crippen LogP contribution in [0.15, 0.2) is 30.6 Å². The third-order valence-electron chi connectivity index (χ3n) is 5.94. The summed E-state index contributed by atoms with van der Waals surface area (Å²) in [4.78, 5) is 17.6. The Kier molecular flexibility index (Phi) is 4.36. The predicted octanol–water partition coefficient (Wildman–Crippen LogP) is 3.98. The van der Waals surface area contributed by atoms with Gasteiger partial charge in [0.25, 0.3) is 0 Å². The number of H-pyrrole nitrogens is 1. The molecule has 0 atom stereocenters. The van der Waals surface area contributed by atoms with Gasteiger partial charge in [-0.15, -0.1) is 0 Å². The average Bonchev–Trinajstić information content (AvgIpc) is 3.35. The molecule has 1 aliphatic rings. The molecule has 1 fully saturated rings. The molecule has 3 aromatic heterocycles. The van der Waals surface area contributed by atoms with Crippen LogP contribution in [-0.4, -0.2) is 37.6 Å². The van der Waals surface area contributed by atoms with Crippen LogP contribution in [0.3, 0.4) is 0 Å². The van der Waals surface area contributed by atoms with E-state index in [2.05, 4.69) is 51.9 Å². The van der Waals surface area contributed by atoms with E-state index in [0.717, 1.165) is 60.3 Å². The molecule has 28 heavy (non-hydrogen) atoms. The first-order chi connectivity index (χ1) is 13.7. The third kappa shape index (κ3) is 2.98. The number of hydrogen-bond acceptors (Lipinski definition) is 4. The second kappa shape index (κ2) is 7.02. The number of fused-ring (bicyclic) bond motifs is 3. The van der Waals surface area contributed by atoms with Gasteiger partial charge in [0.15, 0.2) is 11.6 Å². The van der Waals surface area contributed by atoms with Gasteiger partial charge in [-0.25, -0.2) is 9.97 Å². The Labute approximate surface area is 164 Å². The molecular weight excluding hydrogens is 348 g/mol. The highest BCUT2D eigenvalue weighted by Gasteiger charge is 2.21. The van der Waals surface area contributed by atoms with E-state index >= 15 is 0 Å². The zero-order valence-electron chi connectivity index (χ0n) is 16.5. The van der Waals surface area contributed by atoms with Crippen LogP contribution < -0.4 is 5.32 Å². The molecule has 0 radical (unpaired) electrons. The van der Waals surface area contributed by atoms with Crippen molar-refractivity contribution >= 4 is 21.9 Å². The molecule has 6 nitrogen and oxygen atoms in total. The van der Waals surface area contributed by atoms with E-state index in [-0.39, 0.29) is 0 Å². The van der Waals surface area contributed by atoms with E-state index in [1.807, 2.05) is 6.20 Å². The van der Waals surface area contributed by atoms with Crippen LogP contribution in [-0.2, 0) is 6.54 Å². The molecule has 0 aliphatic carbocycles. The number of imidazole rings is 2. The van der Waals surface area contributed by atoms with Crippen molar-refractivity contribution in [1.29, 1.82) is 0 Å². The van der Waals surface area contributed by atoms with Crippen LogP contribution in [0.25, 0.3) is 33.6 Å². The van der Waals surface area contributed by atoms with Crippen molar-refractivity contribution in [3.05, 3.63) is 41.9 Å². The minimum absolute atomic E-state index is 0.764. The number of aromatic nitrogens is 5. The quantitative estimate of drug-likeness (QED) is 0.567. The number of nitrogens with one attached hydrogen (secondary N) is 2. The van der Waals surface area contributed by atoms with Crippen molar-refractivity contribution in [2.24, 2.45) is 5.92 Å². The van der Waals surface area contributed by atoms with Crippen molar-refractivity contribution in [1.82, 2.24) is 29.8 Å². The fraction of sp³-hybridized carbons (Fsp3) is 0.409. The Morgan fingerprint density at radius 2 is 2.00 bits per heavy atom. The highest BCUT2D eigenvalue weighted by molar-refractivity contribution is 6.04. The standard InChI is InChI=1S/C22H26N6/c1-14-3-4-17-18(13-14)26-15(2)19-20(17)28(12-7-16-5-8-23-9-6-16)22(27-19)21-24-10-11-25-21/h3-4,10-11,13,16,23H,5-9,12H2,1-2H3,(H,24,25). The summed E-state index contributed by atoms with van der Waals surface area (Å²) in [6.07, 6.45) is 7.32. The van der Waals surface area contributed by atoms with Crippen molar-refractivity contribution in [2.75, 3.05) is 13.1 Å². The van der Waals surface area contributed by atoms with E-state index in [1.54, 1.807) is 6.20 Å². The number of aryl methyl sites for hydroxylation is 3. The lowest BCUT2D eigenvalue weighted by molar-refractivity contribution is 0.340. The Morgan fingerprint density at radius 1 is 1.14 bits per heavy atom. The molecule has 2 N–H and O–H groups in total. The fourth-order valence-corrected chi connectivity index (χ4v) is 4.41. The second-order valence-electron chi connectivity index (χ2n) is 7.92. The number of rotatable bonds is 4. The van der Waals surface area contributed by atoms with E-state index in [4.69, 9.17) is 9.97 Å². The smallest absolute Gasteiger partial charge is 0.177 e. The maximum absolute atomic E-state index is 4.99. The van der Waals surface area contributed by atoms with Crippen LogP contribution in [0.1, 0.15) is 30.5 Å². The van der Waals surface area contributed by atoms with Gasteiger partial charge in [-0.3, -0.25) is 4.98 Å². The Balaban J connectivity index is 1.69. The second-order valence-corrected chi connectivity index (χ2v) is 7.92. The molecule has 1 aliphatic heterocycles. The first-order valence-electron chi connectivity index (χ1n) is 10.2. The van der Waals surface area contributed by atoms with E-state index < -0.39 is 0 Å². The van der Waals surface area contributed by atoms with Crippen molar-refractivity contribution in [3.63, 3.8) is 0 Å². The van der Waals surface area contributed by atoms with Gasteiger partial charge in [0.05, 0.1) is 16.7 Å². The van der Waals surface area contributed by atoms with Crippen molar-refractivity contribution in [2.45, 2.75) is 39.7 Å². The first kappa shape index (κ1) is 17.4. The lowest BCUT2D eigenvalue weighted by Crippen LogP contribution is -2.28. The van der Waals surface area contributed by atoms with Crippen LogP contribution in [0, 0.1) is 19.8 Å². The summed E-state index contributed by atoms with van der Waals surface area (Å²) in [5, 5.41) is 4.63. The maximum Gasteiger partial charge on any atom is 0.177 e. The third-order valence-corrected chi connectivity index (χ3v) is 5.94. The van der Waals surface area contributed by atoms with E-state index in [9.17, 15) is 0 Å². The molecule has 0 bridgehead atoms. The van der Waals surface area contributed by atoms with Crippen LogP contribution in [0.5, 0.6) is 0 Å². The minimum atomic E-state index is 0.764. The van der Waals surface area contributed by atoms with Crippen molar-refractivity contribution < 1.29 is 0 Å². The van der Waals surface area contributed by atoms with Crippen LogP contribution in [0.4, 0.5) is 0 Å². The van der Waals surface area contributed by atoms with Gasteiger partial charge in [-0.1, -0.05) is 12.1 Å². The zero-order valence-corrected chi connectivity index (χ0v) is 16.5. The maximum atomic E-state index is 4.99. The summed E-state index contributed by atoms with van der Waals surface area (Å²) >= 11 is 0. The summed E-state index contributed by atoms with van der Waals surface area (Å²) in [5.41, 5.74) is 5.40. The van der Waals surface area contributed by atoms with Gasteiger partial charge in [0, 0.05) is 24.3 Å². The molecule has 5 rings (SSSR count). The summed E-state index contributed by atoms with van der Waals surface area (Å²) in [5.74, 6) is 2.49. The molecule has 0 unspecified atom stereocenters. The molecule has 144 valence electrons. The predicted molar refractivity (Wildman–Crippen MR) is 112 cm³/mol. The first-order valence-corrected chi connectivity index (χ1v) is 10.2. The molecule has 0 amide bonds. The summed E-state index contributed by atoms with van der Waals surface area (Å²) in [6.45, 7) is 7.38. The Bertz CT molecular complexity index is 1120. The number of pyridine rings is 1. The molecule has 6 heteroatoms. The van der Waals surface area contributed by atoms with Gasteiger partial charge in [-0.2, -0.15) is 0 Å². The van der Waals surface area contributed by atoms with E-state index in [0.29, 0.717) is 0 Å². The largest absolute Gasteiger partial charge is 0.342 e. The summed E-state index contributed by atoms with van der Waals surface area (Å²) in [6, 6.07) is 6.52. The number of hydrogen-bond donors (Lipinski definition) is 2. The lowest BCUT2D eigenvalue weighted by Gasteiger charge is -2.23. The molecule has 1 saturated heterocycles. The van der Waals surface area contributed by atoms with Gasteiger partial charge in [0.1, 0.15) is 5.52 Å². The van der Waals surface area contributed by atoms with Gasteiger partial charge in [0.2, 0.25) is 0 Å². The van der Waals surface area contributed by atoms with Crippen LogP contribution >= 0.6 is 0 Å². The topological polar surface area (TPSA) is 71.4 Å². The SMILES string of the molecule is Cc1ccc2c(c1)nc(C)c1nc(-c3ncc[nH]3)n(CCC3CCNCC3)c12. The molecule has 1 aromatic carbocycles. The molecule has 0 saturated carbocycles. The summed E-state index contributed by atoms with van der Waals surface area (Å²) in [7, 11) is 0. The van der Waals surface area contributed by atoms with Gasteiger partial charge >= 0.3 is 0 Å². The monoisotopic (exact) mass is 374 g/mol. The highest BCUT2D eigenvalue weighted by Crippen LogP contribution is 2.31. The zero-order chi connectivity index (χ0) is 19.1. The number of nitrogens with zero attached hydrogens (tertiary/aromatic N) is 4. The number of piperidine rings is 1. The Hall–Kier alpha value is -2.73. The highest BCUT2D eigenvalue weighted by atomic mass is 15.1. The minimum Gasteiger partial charge on any atom is -0.342 e. The number of benzene rings is 1. The number of aromatic amines is 1. The lowest BCUT2D eigenvalue weighted by atomic mass is 9.94. The summed E-state index contributed by atoms with van der Waals surface area (Å²) < 4.78 is 2.36. The van der Waals surface area contributed by atoms with Gasteiger partial charge in [-0.05, 0) is 63.7 Å². The van der Waals surface area contributed by atoms with E-state index in [1.165, 1.54) is 29.3 Å². The normalized spacial score (nSPS) is 15.6. The Morgan fingerprint density at radius 3 is 2.79 bits per heavy atom. The van der Waals surface area contributed by atoms with Crippen molar-refractivity contribution in [3.8, 4) is 11.6 Å².